The van der Waals surface area contributed by atoms with E-state index in [0.717, 1.165) is 19.7 Å². The summed E-state index contributed by atoms with van der Waals surface area (Å²) in [6.07, 6.45) is 1.56. The van der Waals surface area contributed by atoms with Crippen molar-refractivity contribution in [2.45, 2.75) is 47.1 Å². The first-order chi connectivity index (χ1) is 10.6. The molecule has 2 heterocycles. The van der Waals surface area contributed by atoms with E-state index in [4.69, 9.17) is 4.74 Å². The molecule has 0 aromatic heterocycles. The molecule has 4 nitrogen and oxygen atoms in total. The van der Waals surface area contributed by atoms with Crippen LogP contribution in [0.3, 0.4) is 0 Å². The molecule has 0 bridgehead atoms. The Bertz CT molecular complexity index is 356. The van der Waals surface area contributed by atoms with E-state index in [1.165, 1.54) is 45.7 Å². The van der Waals surface area contributed by atoms with Crippen LogP contribution in [0, 0.1) is 10.8 Å². The number of piperazine rings is 1. The SMILES string of the molecule is CN1CCN(CC(C)(C)CC2CN(CC(C)(C)C)CCO2)CC1. The average molecular weight is 326 g/mol. The second kappa shape index (κ2) is 7.81. The zero-order valence-corrected chi connectivity index (χ0v) is 16.4. The Morgan fingerprint density at radius 2 is 1.52 bits per heavy atom. The molecule has 0 radical (unpaired) electrons. The molecule has 2 fully saturated rings. The summed E-state index contributed by atoms with van der Waals surface area (Å²) in [5, 5.41) is 0. The van der Waals surface area contributed by atoms with Gasteiger partial charge in [-0.15, -0.1) is 0 Å². The average Bonchev–Trinajstić information content (AvgIpc) is 2.39. The van der Waals surface area contributed by atoms with Gasteiger partial charge in [0.05, 0.1) is 12.7 Å². The van der Waals surface area contributed by atoms with Crippen LogP contribution in [0.5, 0.6) is 0 Å². The highest BCUT2D eigenvalue weighted by molar-refractivity contribution is 4.84. The normalized spacial score (nSPS) is 26.6. The lowest BCUT2D eigenvalue weighted by Gasteiger charge is -2.42. The first kappa shape index (κ1) is 19.2. The van der Waals surface area contributed by atoms with Crippen molar-refractivity contribution in [3.63, 3.8) is 0 Å². The molecule has 0 saturated carbocycles. The molecule has 2 rings (SSSR count). The smallest absolute Gasteiger partial charge is 0.0708 e. The minimum Gasteiger partial charge on any atom is -0.376 e. The fraction of sp³-hybridized carbons (Fsp3) is 1.00. The lowest BCUT2D eigenvalue weighted by atomic mass is 9.85. The molecule has 2 aliphatic rings. The summed E-state index contributed by atoms with van der Waals surface area (Å²) < 4.78 is 6.10. The summed E-state index contributed by atoms with van der Waals surface area (Å²) in [4.78, 5) is 7.66. The Kier molecular flexibility index (Phi) is 6.51. The fourth-order valence-electron chi connectivity index (χ4n) is 4.01. The Morgan fingerprint density at radius 1 is 0.870 bits per heavy atom. The van der Waals surface area contributed by atoms with Gasteiger partial charge in [-0.2, -0.15) is 0 Å². The highest BCUT2D eigenvalue weighted by atomic mass is 16.5. The van der Waals surface area contributed by atoms with Gasteiger partial charge in [0.2, 0.25) is 0 Å². The van der Waals surface area contributed by atoms with Crippen LogP contribution in [0.4, 0.5) is 0 Å². The van der Waals surface area contributed by atoms with E-state index in [2.05, 4.69) is 56.4 Å². The molecular weight excluding hydrogens is 286 g/mol. The van der Waals surface area contributed by atoms with Gasteiger partial charge in [-0.3, -0.25) is 4.90 Å². The lowest BCUT2D eigenvalue weighted by Crippen LogP contribution is -2.50. The molecule has 0 aliphatic carbocycles. The second-order valence-electron chi connectivity index (χ2n) is 9.74. The van der Waals surface area contributed by atoms with Gasteiger partial charge in [-0.1, -0.05) is 34.6 Å². The third-order valence-electron chi connectivity index (χ3n) is 4.95. The number of morpholine rings is 1. The van der Waals surface area contributed by atoms with Gasteiger partial charge in [-0.25, -0.2) is 0 Å². The molecule has 23 heavy (non-hydrogen) atoms. The van der Waals surface area contributed by atoms with E-state index in [9.17, 15) is 0 Å². The van der Waals surface area contributed by atoms with E-state index in [1.54, 1.807) is 0 Å². The number of hydrogen-bond donors (Lipinski definition) is 0. The molecule has 0 aromatic carbocycles. The van der Waals surface area contributed by atoms with Crippen LogP contribution in [0.25, 0.3) is 0 Å². The third-order valence-corrected chi connectivity index (χ3v) is 4.95. The molecule has 1 atom stereocenters. The van der Waals surface area contributed by atoms with E-state index >= 15 is 0 Å². The predicted molar refractivity (Wildman–Crippen MR) is 98.0 cm³/mol. The van der Waals surface area contributed by atoms with Crippen LogP contribution >= 0.6 is 0 Å². The van der Waals surface area contributed by atoms with Crippen molar-refractivity contribution in [1.29, 1.82) is 0 Å². The third kappa shape index (κ3) is 7.08. The summed E-state index contributed by atoms with van der Waals surface area (Å²) in [5.41, 5.74) is 0.697. The molecule has 0 spiro atoms. The van der Waals surface area contributed by atoms with Crippen molar-refractivity contribution < 1.29 is 4.74 Å². The van der Waals surface area contributed by atoms with Gasteiger partial charge in [-0.05, 0) is 24.3 Å². The van der Waals surface area contributed by atoms with Crippen molar-refractivity contribution in [1.82, 2.24) is 14.7 Å². The number of rotatable bonds is 5. The molecule has 2 aliphatic heterocycles. The Labute approximate surface area is 144 Å². The molecule has 2 saturated heterocycles. The van der Waals surface area contributed by atoms with Gasteiger partial charge in [0, 0.05) is 52.4 Å². The van der Waals surface area contributed by atoms with Gasteiger partial charge in [0.1, 0.15) is 0 Å². The first-order valence-electron chi connectivity index (χ1n) is 9.38. The van der Waals surface area contributed by atoms with Gasteiger partial charge in [0.25, 0.3) is 0 Å². The molecule has 4 heteroatoms. The maximum absolute atomic E-state index is 6.10. The monoisotopic (exact) mass is 325 g/mol. The lowest BCUT2D eigenvalue weighted by molar-refractivity contribution is -0.0584. The van der Waals surface area contributed by atoms with Crippen LogP contribution < -0.4 is 0 Å². The van der Waals surface area contributed by atoms with Crippen LogP contribution in [0.15, 0.2) is 0 Å². The molecular formula is C19H39N3O. The summed E-state index contributed by atoms with van der Waals surface area (Å²) in [7, 11) is 2.22. The van der Waals surface area contributed by atoms with E-state index in [-0.39, 0.29) is 0 Å². The minimum absolute atomic E-state index is 0.325. The van der Waals surface area contributed by atoms with E-state index in [0.29, 0.717) is 16.9 Å². The second-order valence-corrected chi connectivity index (χ2v) is 9.74. The van der Waals surface area contributed by atoms with Crippen LogP contribution in [0.2, 0.25) is 0 Å². The van der Waals surface area contributed by atoms with Crippen molar-refractivity contribution in [2.24, 2.45) is 10.8 Å². The molecule has 0 N–H and O–H groups in total. The summed E-state index contributed by atoms with van der Waals surface area (Å²) in [6, 6.07) is 0. The summed E-state index contributed by atoms with van der Waals surface area (Å²) in [5.74, 6) is 0. The van der Waals surface area contributed by atoms with E-state index < -0.39 is 0 Å². The van der Waals surface area contributed by atoms with Gasteiger partial charge in [0.15, 0.2) is 0 Å². The maximum atomic E-state index is 6.10. The minimum atomic E-state index is 0.325. The number of nitrogens with zero attached hydrogens (tertiary/aromatic N) is 3. The largest absolute Gasteiger partial charge is 0.376 e. The van der Waals surface area contributed by atoms with Crippen LogP contribution in [-0.2, 0) is 4.74 Å². The van der Waals surface area contributed by atoms with Crippen molar-refractivity contribution >= 4 is 0 Å². The van der Waals surface area contributed by atoms with Crippen LogP contribution in [0.1, 0.15) is 41.0 Å². The first-order valence-corrected chi connectivity index (χ1v) is 9.38. The Hall–Kier alpha value is -0.160. The summed E-state index contributed by atoms with van der Waals surface area (Å²) >= 11 is 0. The number of likely N-dealkylation sites (N-methyl/N-ethyl adjacent to an activating group) is 1. The summed E-state index contributed by atoms with van der Waals surface area (Å²) in [6.45, 7) is 22.1. The molecule has 0 amide bonds. The van der Waals surface area contributed by atoms with E-state index in [1.807, 2.05) is 0 Å². The van der Waals surface area contributed by atoms with Gasteiger partial charge >= 0.3 is 0 Å². The van der Waals surface area contributed by atoms with Crippen molar-refractivity contribution in [2.75, 3.05) is 66.0 Å². The van der Waals surface area contributed by atoms with Gasteiger partial charge < -0.3 is 14.5 Å². The molecule has 136 valence electrons. The number of ether oxygens (including phenoxy) is 1. The molecule has 0 aromatic rings. The highest BCUT2D eigenvalue weighted by Crippen LogP contribution is 2.28. The standard InChI is InChI=1S/C19H39N3O/c1-18(2,3)15-22-11-12-23-17(14-22)13-19(4,5)16-21-9-7-20(6)8-10-21/h17H,7-16H2,1-6H3. The van der Waals surface area contributed by atoms with Crippen LogP contribution in [-0.4, -0.2) is 86.8 Å². The zero-order valence-electron chi connectivity index (χ0n) is 16.4. The zero-order chi connectivity index (χ0) is 17.1. The molecule has 1 unspecified atom stereocenters. The maximum Gasteiger partial charge on any atom is 0.0708 e. The fourth-order valence-corrected chi connectivity index (χ4v) is 4.01. The van der Waals surface area contributed by atoms with Crippen molar-refractivity contribution in [3.05, 3.63) is 0 Å². The Morgan fingerprint density at radius 3 is 2.13 bits per heavy atom. The van der Waals surface area contributed by atoms with Crippen molar-refractivity contribution in [3.8, 4) is 0 Å². The highest BCUT2D eigenvalue weighted by Gasteiger charge is 2.31. The number of hydrogen-bond acceptors (Lipinski definition) is 4. The quantitative estimate of drug-likeness (QED) is 0.772. The Balaban J connectivity index is 1.79. The topological polar surface area (TPSA) is 19.0 Å². The predicted octanol–water partition coefficient (Wildman–Crippen LogP) is 2.40.